The number of hydrogen-bond acceptors (Lipinski definition) is 22. The third kappa shape index (κ3) is 12.4. The van der Waals surface area contributed by atoms with Crippen molar-refractivity contribution in [2.24, 2.45) is 0 Å². The second-order valence-corrected chi connectivity index (χ2v) is 14.6. The monoisotopic (exact) mass is 889 g/mol. The third-order valence-electron chi connectivity index (χ3n) is 8.63. The molecule has 0 saturated carbocycles. The quantitative estimate of drug-likeness (QED) is 0.146. The molecule has 0 aliphatic carbocycles. The van der Waals surface area contributed by atoms with Crippen molar-refractivity contribution in [2.75, 3.05) is 13.2 Å². The van der Waals surface area contributed by atoms with Crippen LogP contribution >= 0.6 is 11.8 Å². The van der Waals surface area contributed by atoms with Crippen molar-refractivity contribution < 1.29 is 85.7 Å². The highest BCUT2D eigenvalue weighted by atomic mass is 32.2. The Balaban J connectivity index is 2.09. The minimum atomic E-state index is -1.97. The van der Waals surface area contributed by atoms with E-state index in [1.54, 1.807) is 18.2 Å². The molecule has 2 aliphatic heterocycles. The van der Waals surface area contributed by atoms with Crippen molar-refractivity contribution in [2.45, 2.75) is 121 Å². The molecular weight excluding hydrogens is 846 g/mol. The van der Waals surface area contributed by atoms with Crippen LogP contribution in [0.2, 0.25) is 0 Å². The summed E-state index contributed by atoms with van der Waals surface area (Å²) in [4.78, 5) is 119. The second kappa shape index (κ2) is 21.4. The van der Waals surface area contributed by atoms with Crippen molar-refractivity contribution >= 4 is 59.5 Å². The molecule has 0 N–H and O–H groups in total. The van der Waals surface area contributed by atoms with Gasteiger partial charge in [-0.2, -0.15) is 5.26 Å². The first-order valence-electron chi connectivity index (χ1n) is 18.6. The van der Waals surface area contributed by atoms with Gasteiger partial charge in [-0.15, -0.1) is 0 Å². The fraction of sp³-hybridized carbons (Fsp3) is 0.513. The van der Waals surface area contributed by atoms with Gasteiger partial charge >= 0.3 is 47.8 Å². The molecule has 62 heavy (non-hydrogen) atoms. The predicted octanol–water partition coefficient (Wildman–Crippen LogP) is 1.21. The van der Waals surface area contributed by atoms with E-state index >= 15 is 0 Å². The summed E-state index contributed by atoms with van der Waals surface area (Å²) in [7, 11) is 0. The van der Waals surface area contributed by atoms with Crippen LogP contribution in [0.15, 0.2) is 40.3 Å². The van der Waals surface area contributed by atoms with Crippen LogP contribution in [0.1, 0.15) is 67.2 Å². The van der Waals surface area contributed by atoms with Crippen molar-refractivity contribution in [1.82, 2.24) is 9.55 Å². The number of nitriles is 1. The fourth-order valence-electron chi connectivity index (χ4n) is 6.53. The SMILES string of the molecule is CC(=O)OC[C@H]1O[C@@H](n2c(S[C@@H]3O[C@H](COC(C)=O)[C@@H](OC(C)=O)[C@H](OC(C)=O)[C@H]3OC(C)=O)nc(-c3ccccc3)c(C#N)c2=O)[C@H](OC(C)=O)[C@@H](OC(C)=O)[C@@H]1OC(C)=O. The first-order chi connectivity index (χ1) is 29.2. The zero-order chi connectivity index (χ0) is 46.0. The number of thioether (sulfide) groups is 1. The molecule has 0 unspecified atom stereocenters. The average molecular weight is 890 g/mol. The summed E-state index contributed by atoms with van der Waals surface area (Å²) in [5, 5.41) is 10.0. The van der Waals surface area contributed by atoms with Crippen LogP contribution in [-0.2, 0) is 85.7 Å². The first kappa shape index (κ1) is 48.3. The van der Waals surface area contributed by atoms with E-state index in [9.17, 15) is 48.4 Å². The molecule has 2 aliphatic rings. The normalized spacial score (nSPS) is 25.4. The highest BCUT2D eigenvalue weighted by Crippen LogP contribution is 2.41. The Hall–Kier alpha value is -6.38. The molecule has 1 aromatic carbocycles. The van der Waals surface area contributed by atoms with Gasteiger partial charge in [0.15, 0.2) is 53.4 Å². The van der Waals surface area contributed by atoms with E-state index in [1.807, 2.05) is 6.07 Å². The number of ether oxygens (including phenoxy) is 10. The maximum Gasteiger partial charge on any atom is 0.303 e. The van der Waals surface area contributed by atoms with Gasteiger partial charge in [0, 0.05) is 61.0 Å². The number of rotatable bonds is 14. The summed E-state index contributed by atoms with van der Waals surface area (Å²) in [6, 6.07) is 9.74. The number of hydrogen-bond donors (Lipinski definition) is 0. The van der Waals surface area contributed by atoms with Gasteiger partial charge in [-0.3, -0.25) is 47.7 Å². The van der Waals surface area contributed by atoms with Crippen LogP contribution in [0.5, 0.6) is 0 Å². The molecule has 2 saturated heterocycles. The lowest BCUT2D eigenvalue weighted by molar-refractivity contribution is -0.270. The summed E-state index contributed by atoms with van der Waals surface area (Å²) >= 11 is 0.506. The summed E-state index contributed by atoms with van der Waals surface area (Å²) < 4.78 is 57.0. The average Bonchev–Trinajstić information content (AvgIpc) is 3.16. The topological polar surface area (TPSA) is 288 Å². The molecule has 1 aromatic heterocycles. The van der Waals surface area contributed by atoms with Gasteiger partial charge in [-0.1, -0.05) is 42.1 Å². The van der Waals surface area contributed by atoms with E-state index < -0.39 is 138 Å². The van der Waals surface area contributed by atoms with Gasteiger partial charge < -0.3 is 47.4 Å². The largest absolute Gasteiger partial charge is 0.463 e. The summed E-state index contributed by atoms with van der Waals surface area (Å²) in [6.45, 7) is 6.88. The summed E-state index contributed by atoms with van der Waals surface area (Å²) in [5.74, 6) is -7.31. The molecule has 0 amide bonds. The van der Waals surface area contributed by atoms with Crippen LogP contribution in [0.25, 0.3) is 11.3 Å². The van der Waals surface area contributed by atoms with Crippen molar-refractivity contribution in [1.29, 1.82) is 5.26 Å². The lowest BCUT2D eigenvalue weighted by Gasteiger charge is -2.45. The van der Waals surface area contributed by atoms with E-state index in [4.69, 9.17) is 47.4 Å². The zero-order valence-electron chi connectivity index (χ0n) is 34.6. The number of nitrogens with zero attached hydrogens (tertiary/aromatic N) is 3. The molecule has 10 atom stereocenters. The standard InChI is InChI=1S/C39H43N3O19S/c1-17(43)52-15-27-30(54-19(3)45)32(56-21(5)47)34(58-23(7)49)37(60-27)42-36(51)26(14-40)29(25-12-10-9-11-13-25)41-39(42)62-38-35(59-24(8)50)33(57-22(6)48)31(55-20(4)46)28(61-38)16-53-18(2)44/h9-13,27-28,30-35,37-38H,15-16H2,1-8H3/t27-,28-,30-,31-,32+,33+,34-,35-,37-,38+/m1/s1. The van der Waals surface area contributed by atoms with E-state index in [2.05, 4.69) is 4.98 Å². The Morgan fingerprint density at radius 3 is 1.48 bits per heavy atom. The lowest BCUT2D eigenvalue weighted by atomic mass is 9.97. The van der Waals surface area contributed by atoms with Crippen LogP contribution in [-0.4, -0.2) is 125 Å². The van der Waals surface area contributed by atoms with E-state index in [-0.39, 0.29) is 11.3 Å². The molecule has 0 radical (unpaired) electrons. The Kier molecular flexibility index (Phi) is 16.7. The fourth-order valence-corrected chi connectivity index (χ4v) is 7.72. The van der Waals surface area contributed by atoms with Crippen LogP contribution in [0, 0.1) is 11.3 Å². The van der Waals surface area contributed by atoms with E-state index in [1.165, 1.54) is 12.1 Å². The maximum absolute atomic E-state index is 14.9. The van der Waals surface area contributed by atoms with Crippen molar-refractivity contribution in [3.05, 3.63) is 46.2 Å². The minimum absolute atomic E-state index is 0.201. The number of aromatic nitrogens is 2. The smallest absolute Gasteiger partial charge is 0.303 e. The predicted molar refractivity (Wildman–Crippen MR) is 204 cm³/mol. The molecule has 2 aromatic rings. The van der Waals surface area contributed by atoms with E-state index in [0.29, 0.717) is 11.8 Å². The highest BCUT2D eigenvalue weighted by molar-refractivity contribution is 7.99. The maximum atomic E-state index is 14.9. The zero-order valence-corrected chi connectivity index (χ0v) is 35.4. The Bertz CT molecular complexity index is 2160. The van der Waals surface area contributed by atoms with Crippen molar-refractivity contribution in [3.8, 4) is 17.3 Å². The number of carbonyl (C=O) groups is 8. The lowest BCUT2D eigenvalue weighted by Crippen LogP contribution is -2.62. The summed E-state index contributed by atoms with van der Waals surface area (Å²) in [6.07, 6.45) is -15.2. The molecule has 2 fully saturated rings. The molecule has 22 nitrogen and oxygen atoms in total. The van der Waals surface area contributed by atoms with Crippen LogP contribution < -0.4 is 5.56 Å². The Morgan fingerprint density at radius 2 is 1.03 bits per heavy atom. The van der Waals surface area contributed by atoms with E-state index in [0.717, 1.165) is 60.0 Å². The summed E-state index contributed by atoms with van der Waals surface area (Å²) in [5.41, 5.74) is -3.33. The number of benzene rings is 1. The van der Waals surface area contributed by atoms with Gasteiger partial charge in [-0.25, -0.2) is 4.98 Å². The van der Waals surface area contributed by atoms with Crippen LogP contribution in [0.3, 0.4) is 0 Å². The highest BCUT2D eigenvalue weighted by Gasteiger charge is 2.56. The number of esters is 8. The third-order valence-corrected chi connectivity index (χ3v) is 9.74. The van der Waals surface area contributed by atoms with Gasteiger partial charge in [0.25, 0.3) is 5.56 Å². The first-order valence-corrected chi connectivity index (χ1v) is 19.5. The van der Waals surface area contributed by atoms with Crippen molar-refractivity contribution in [3.63, 3.8) is 0 Å². The molecule has 23 heteroatoms. The number of carbonyl (C=O) groups excluding carboxylic acids is 8. The Labute approximate surface area is 357 Å². The Morgan fingerprint density at radius 1 is 0.613 bits per heavy atom. The molecule has 0 spiro atoms. The molecule has 334 valence electrons. The molecule has 3 heterocycles. The van der Waals surface area contributed by atoms with Gasteiger partial charge in [0.2, 0.25) is 0 Å². The second-order valence-electron chi connectivity index (χ2n) is 13.5. The molecular formula is C39H43N3O19S. The molecule has 4 rings (SSSR count). The van der Waals surface area contributed by atoms with Gasteiger partial charge in [-0.05, 0) is 0 Å². The molecule has 0 bridgehead atoms. The van der Waals surface area contributed by atoms with Gasteiger partial charge in [0.05, 0.1) is 5.69 Å². The van der Waals surface area contributed by atoms with Crippen LogP contribution in [0.4, 0.5) is 0 Å². The minimum Gasteiger partial charge on any atom is -0.463 e. The van der Waals surface area contributed by atoms with Gasteiger partial charge in [0.1, 0.15) is 37.1 Å².